The minimum absolute atomic E-state index is 0.0390. The Hall–Kier alpha value is -1.58. The number of likely N-dealkylation sites (tertiary alicyclic amines) is 1. The van der Waals surface area contributed by atoms with Gasteiger partial charge in [-0.15, -0.1) is 0 Å². The fraction of sp³-hybridized carbons (Fsp3) is 0.588. The van der Waals surface area contributed by atoms with E-state index in [0.29, 0.717) is 17.2 Å². The van der Waals surface area contributed by atoms with Gasteiger partial charge in [-0.2, -0.15) is 0 Å². The summed E-state index contributed by atoms with van der Waals surface area (Å²) in [4.78, 5) is 14.6. The minimum atomic E-state index is -0.365. The van der Waals surface area contributed by atoms with E-state index >= 15 is 0 Å². The van der Waals surface area contributed by atoms with E-state index in [-0.39, 0.29) is 11.7 Å². The predicted octanol–water partition coefficient (Wildman–Crippen LogP) is 3.52. The number of hydrogen-bond acceptors (Lipinski definition) is 2. The number of nitrogens with zero attached hydrogens (tertiary/aromatic N) is 1. The van der Waals surface area contributed by atoms with Crippen LogP contribution in [0.5, 0.6) is 0 Å². The van der Waals surface area contributed by atoms with Crippen molar-refractivity contribution in [2.75, 3.05) is 25.5 Å². The van der Waals surface area contributed by atoms with Crippen molar-refractivity contribution in [2.24, 2.45) is 11.8 Å². The summed E-state index contributed by atoms with van der Waals surface area (Å²) in [5.41, 5.74) is 0.764. The van der Waals surface area contributed by atoms with Gasteiger partial charge in [0.15, 0.2) is 0 Å². The van der Waals surface area contributed by atoms with E-state index in [9.17, 15) is 9.18 Å². The summed E-state index contributed by atoms with van der Waals surface area (Å²) in [7, 11) is 1.66. The molecule has 3 nitrogen and oxygen atoms in total. The average molecular weight is 290 g/mol. The maximum Gasteiger partial charge on any atom is 0.256 e. The lowest BCUT2D eigenvalue weighted by atomic mass is 9.75. The second kappa shape index (κ2) is 6.04. The zero-order valence-corrected chi connectivity index (χ0v) is 12.6. The van der Waals surface area contributed by atoms with Gasteiger partial charge in [0, 0.05) is 20.1 Å². The summed E-state index contributed by atoms with van der Waals surface area (Å²) in [6.07, 6.45) is 6.26. The Balaban J connectivity index is 1.78. The van der Waals surface area contributed by atoms with E-state index in [1.54, 1.807) is 19.2 Å². The smallest absolute Gasteiger partial charge is 0.256 e. The van der Waals surface area contributed by atoms with Gasteiger partial charge in [0.2, 0.25) is 0 Å². The van der Waals surface area contributed by atoms with Crippen LogP contribution in [0, 0.1) is 17.7 Å². The van der Waals surface area contributed by atoms with E-state index in [1.807, 2.05) is 4.90 Å². The highest BCUT2D eigenvalue weighted by Gasteiger charge is 2.33. The first-order valence-corrected chi connectivity index (χ1v) is 7.96. The molecular formula is C17H23FN2O. The number of para-hydroxylation sites is 1. The van der Waals surface area contributed by atoms with Crippen molar-refractivity contribution >= 4 is 11.6 Å². The van der Waals surface area contributed by atoms with E-state index in [4.69, 9.17) is 0 Å². The molecule has 2 fully saturated rings. The third kappa shape index (κ3) is 2.76. The van der Waals surface area contributed by atoms with Crippen molar-refractivity contribution in [3.8, 4) is 0 Å². The lowest BCUT2D eigenvalue weighted by Gasteiger charge is -2.41. The highest BCUT2D eigenvalue weighted by molar-refractivity contribution is 5.99. The Morgan fingerprint density at radius 3 is 2.76 bits per heavy atom. The highest BCUT2D eigenvalue weighted by atomic mass is 19.1. The first kappa shape index (κ1) is 14.4. The molecule has 2 unspecified atom stereocenters. The molecule has 21 heavy (non-hydrogen) atoms. The van der Waals surface area contributed by atoms with Crippen LogP contribution in [0.2, 0.25) is 0 Å². The fourth-order valence-electron chi connectivity index (χ4n) is 3.91. The van der Waals surface area contributed by atoms with Crippen molar-refractivity contribution in [3.63, 3.8) is 0 Å². The molecule has 1 aromatic carbocycles. The van der Waals surface area contributed by atoms with Crippen LogP contribution in [0.1, 0.15) is 42.5 Å². The molecular weight excluding hydrogens is 267 g/mol. The Kier molecular flexibility index (Phi) is 4.13. The van der Waals surface area contributed by atoms with Gasteiger partial charge in [-0.3, -0.25) is 4.79 Å². The van der Waals surface area contributed by atoms with Gasteiger partial charge in [-0.1, -0.05) is 25.3 Å². The number of piperidine rings is 1. The number of rotatable bonds is 2. The van der Waals surface area contributed by atoms with Gasteiger partial charge in [0.1, 0.15) is 5.82 Å². The van der Waals surface area contributed by atoms with Crippen LogP contribution in [-0.2, 0) is 0 Å². The fourth-order valence-corrected chi connectivity index (χ4v) is 3.91. The number of anilines is 1. The van der Waals surface area contributed by atoms with Gasteiger partial charge in [-0.05, 0) is 36.8 Å². The molecule has 0 bridgehead atoms. The number of carbonyl (C=O) groups excluding carboxylic acids is 1. The summed E-state index contributed by atoms with van der Waals surface area (Å²) in [6.45, 7) is 1.64. The lowest BCUT2D eigenvalue weighted by molar-refractivity contribution is 0.0521. The zero-order valence-electron chi connectivity index (χ0n) is 12.6. The van der Waals surface area contributed by atoms with Crippen LogP contribution >= 0.6 is 0 Å². The SMILES string of the molecule is CNc1c(F)cccc1C(=O)N1CCC2CCCCC2C1. The van der Waals surface area contributed by atoms with E-state index in [1.165, 1.54) is 31.7 Å². The summed E-state index contributed by atoms with van der Waals surface area (Å²) < 4.78 is 13.8. The van der Waals surface area contributed by atoms with Crippen LogP contribution in [0.25, 0.3) is 0 Å². The monoisotopic (exact) mass is 290 g/mol. The maximum absolute atomic E-state index is 13.8. The van der Waals surface area contributed by atoms with Crippen LogP contribution in [0.15, 0.2) is 18.2 Å². The predicted molar refractivity (Wildman–Crippen MR) is 81.9 cm³/mol. The third-order valence-electron chi connectivity index (χ3n) is 5.07. The molecule has 1 saturated heterocycles. The Morgan fingerprint density at radius 2 is 2.00 bits per heavy atom. The van der Waals surface area contributed by atoms with Gasteiger partial charge in [-0.25, -0.2) is 4.39 Å². The summed E-state index contributed by atoms with van der Waals surface area (Å²) in [5.74, 6) is 1.03. The second-order valence-electron chi connectivity index (χ2n) is 6.26. The molecule has 1 saturated carbocycles. The number of halogens is 1. The van der Waals surface area contributed by atoms with Gasteiger partial charge < -0.3 is 10.2 Å². The molecule has 114 valence electrons. The van der Waals surface area contributed by atoms with Crippen LogP contribution in [-0.4, -0.2) is 30.9 Å². The average Bonchev–Trinajstić information content (AvgIpc) is 2.53. The molecule has 2 atom stereocenters. The summed E-state index contributed by atoms with van der Waals surface area (Å²) in [5, 5.41) is 2.82. The molecule has 1 N–H and O–H groups in total. The number of fused-ring (bicyclic) bond motifs is 1. The molecule has 0 radical (unpaired) electrons. The maximum atomic E-state index is 13.8. The number of nitrogens with one attached hydrogen (secondary N) is 1. The first-order valence-electron chi connectivity index (χ1n) is 7.96. The number of hydrogen-bond donors (Lipinski definition) is 1. The Morgan fingerprint density at radius 1 is 1.24 bits per heavy atom. The molecule has 1 aromatic rings. The van der Waals surface area contributed by atoms with E-state index in [2.05, 4.69) is 5.32 Å². The highest BCUT2D eigenvalue weighted by Crippen LogP contribution is 2.36. The van der Waals surface area contributed by atoms with Gasteiger partial charge in [0.25, 0.3) is 5.91 Å². The van der Waals surface area contributed by atoms with Crippen molar-refractivity contribution in [1.82, 2.24) is 4.90 Å². The standard InChI is InChI=1S/C17H23FN2O/c1-19-16-14(7-4-8-15(16)18)17(21)20-10-9-12-5-2-3-6-13(12)11-20/h4,7-8,12-13,19H,2-3,5-6,9-11H2,1H3. The molecule has 4 heteroatoms. The number of carbonyl (C=O) groups is 1. The number of amides is 1. The van der Waals surface area contributed by atoms with Crippen LogP contribution in [0.3, 0.4) is 0 Å². The quantitative estimate of drug-likeness (QED) is 0.904. The molecule has 1 heterocycles. The van der Waals surface area contributed by atoms with Crippen LogP contribution < -0.4 is 5.32 Å². The van der Waals surface area contributed by atoms with Crippen molar-refractivity contribution < 1.29 is 9.18 Å². The normalized spacial score (nSPS) is 25.3. The topological polar surface area (TPSA) is 32.3 Å². The minimum Gasteiger partial charge on any atom is -0.385 e. The lowest BCUT2D eigenvalue weighted by Crippen LogP contribution is -2.44. The molecule has 1 aliphatic heterocycles. The van der Waals surface area contributed by atoms with Crippen molar-refractivity contribution in [1.29, 1.82) is 0 Å². The van der Waals surface area contributed by atoms with Crippen molar-refractivity contribution in [2.45, 2.75) is 32.1 Å². The summed E-state index contributed by atoms with van der Waals surface area (Å²) >= 11 is 0. The largest absolute Gasteiger partial charge is 0.385 e. The molecule has 1 aliphatic carbocycles. The summed E-state index contributed by atoms with van der Waals surface area (Å²) in [6, 6.07) is 4.71. The van der Waals surface area contributed by atoms with E-state index < -0.39 is 0 Å². The third-order valence-corrected chi connectivity index (χ3v) is 5.07. The van der Waals surface area contributed by atoms with Crippen molar-refractivity contribution in [3.05, 3.63) is 29.6 Å². The molecule has 0 spiro atoms. The van der Waals surface area contributed by atoms with Gasteiger partial charge >= 0.3 is 0 Å². The molecule has 0 aromatic heterocycles. The van der Waals surface area contributed by atoms with E-state index in [0.717, 1.165) is 25.4 Å². The second-order valence-corrected chi connectivity index (χ2v) is 6.26. The first-order chi connectivity index (χ1) is 10.2. The number of benzene rings is 1. The van der Waals surface area contributed by atoms with Crippen LogP contribution in [0.4, 0.5) is 10.1 Å². The van der Waals surface area contributed by atoms with Gasteiger partial charge in [0.05, 0.1) is 11.3 Å². The molecule has 3 rings (SSSR count). The Bertz CT molecular complexity index is 532. The molecule has 1 amide bonds. The Labute approximate surface area is 125 Å². The molecule has 2 aliphatic rings. The zero-order chi connectivity index (χ0) is 14.8.